The molecule has 0 N–H and O–H groups in total. The molecule has 8 heteroatoms. The van der Waals surface area contributed by atoms with Crippen LogP contribution in [0.2, 0.25) is 0 Å². The van der Waals surface area contributed by atoms with E-state index in [-0.39, 0.29) is 22.4 Å². The smallest absolute Gasteiger partial charge is 0.292 e. The summed E-state index contributed by atoms with van der Waals surface area (Å²) in [7, 11) is 0. The maximum atomic E-state index is 11.0. The summed E-state index contributed by atoms with van der Waals surface area (Å²) in [5.74, 6) is 0. The largest absolute Gasteiger partial charge is 0.307 e. The van der Waals surface area contributed by atoms with Crippen molar-refractivity contribution in [2.45, 2.75) is 57.0 Å². The van der Waals surface area contributed by atoms with E-state index in [0.29, 0.717) is 0 Å². The number of unbranched alkanes of at least 4 members (excludes halogenated alkanes) is 3. The van der Waals surface area contributed by atoms with Crippen LogP contribution in [0.4, 0.5) is 11.4 Å². The average molecular weight is 328 g/mol. The molecule has 0 radical (unpaired) electrons. The molecule has 0 fully saturated rings. The van der Waals surface area contributed by atoms with Crippen LogP contribution in [0, 0.1) is 20.2 Å². The fraction of sp³-hybridized carbons (Fsp3) is 0.571. The third kappa shape index (κ3) is 5.98. The van der Waals surface area contributed by atoms with Crippen LogP contribution >= 0.6 is 12.0 Å². The number of hydrogen-bond acceptors (Lipinski definition) is 6. The van der Waals surface area contributed by atoms with Gasteiger partial charge in [-0.25, -0.2) is 0 Å². The van der Waals surface area contributed by atoms with E-state index >= 15 is 0 Å². The third-order valence-corrected chi connectivity index (χ3v) is 4.07. The maximum absolute atomic E-state index is 11.0. The highest BCUT2D eigenvalue weighted by Crippen LogP contribution is 2.34. The van der Waals surface area contributed by atoms with Gasteiger partial charge in [0.2, 0.25) is 0 Å². The van der Waals surface area contributed by atoms with Crippen LogP contribution < -0.4 is 0 Å². The molecule has 1 aromatic rings. The van der Waals surface area contributed by atoms with Crippen LogP contribution in [-0.4, -0.2) is 16.0 Å². The van der Waals surface area contributed by atoms with Crippen molar-refractivity contribution in [2.75, 3.05) is 0 Å². The highest BCUT2D eigenvalue weighted by Gasteiger charge is 2.20. The molecule has 22 heavy (non-hydrogen) atoms. The van der Waals surface area contributed by atoms with Gasteiger partial charge in [0.1, 0.15) is 4.90 Å². The van der Waals surface area contributed by atoms with Gasteiger partial charge >= 0.3 is 0 Å². The first-order valence-electron chi connectivity index (χ1n) is 7.21. The highest BCUT2D eigenvalue weighted by atomic mass is 32.2. The molecule has 122 valence electrons. The van der Waals surface area contributed by atoms with Gasteiger partial charge in [0.15, 0.2) is 0 Å². The monoisotopic (exact) mass is 328 g/mol. The van der Waals surface area contributed by atoms with Crippen molar-refractivity contribution in [1.82, 2.24) is 0 Å². The zero-order chi connectivity index (χ0) is 16.5. The summed E-state index contributed by atoms with van der Waals surface area (Å²) in [5.41, 5.74) is -0.610. The van der Waals surface area contributed by atoms with E-state index in [4.69, 9.17) is 4.18 Å². The van der Waals surface area contributed by atoms with Gasteiger partial charge in [-0.15, -0.1) is 0 Å². The van der Waals surface area contributed by atoms with E-state index in [0.717, 1.165) is 37.4 Å². The molecule has 0 unspecified atom stereocenters. The second kappa shape index (κ2) is 9.37. The molecule has 0 heterocycles. The fourth-order valence-corrected chi connectivity index (χ4v) is 2.58. The Labute approximate surface area is 133 Å². The number of nitro benzene ring substituents is 2. The molecule has 0 saturated heterocycles. The van der Waals surface area contributed by atoms with Crippen LogP contribution in [0.25, 0.3) is 0 Å². The Morgan fingerprint density at radius 3 is 2.50 bits per heavy atom. The van der Waals surface area contributed by atoms with Gasteiger partial charge in [-0.05, 0) is 19.4 Å². The standard InChI is InChI=1S/C14H20N2O5S/c1-3-4-5-6-7-11(2)21-22-14-9-8-12(15(17)18)10-13(14)16(19)20/h8-11H,3-7H2,1-2H3/t11-/m0/s1. The summed E-state index contributed by atoms with van der Waals surface area (Å²) in [4.78, 5) is 20.7. The molecule has 0 spiro atoms. The van der Waals surface area contributed by atoms with Gasteiger partial charge in [0.05, 0.1) is 22.0 Å². The first-order valence-corrected chi connectivity index (χ1v) is 7.96. The molecule has 0 saturated carbocycles. The minimum Gasteiger partial charge on any atom is -0.307 e. The molecule has 1 rings (SSSR count). The Kier molecular flexibility index (Phi) is 7.83. The molecular formula is C14H20N2O5S. The Hall–Kier alpha value is -1.67. The molecule has 7 nitrogen and oxygen atoms in total. The Morgan fingerprint density at radius 1 is 1.18 bits per heavy atom. The molecule has 1 aromatic carbocycles. The molecule has 0 aliphatic heterocycles. The Bertz CT molecular complexity index is 524. The van der Waals surface area contributed by atoms with Crippen LogP contribution in [0.15, 0.2) is 23.1 Å². The van der Waals surface area contributed by atoms with Crippen molar-refractivity contribution in [2.24, 2.45) is 0 Å². The molecule has 0 aliphatic rings. The van der Waals surface area contributed by atoms with E-state index in [1.54, 1.807) is 0 Å². The van der Waals surface area contributed by atoms with Gasteiger partial charge < -0.3 is 4.18 Å². The number of benzene rings is 1. The summed E-state index contributed by atoms with van der Waals surface area (Å²) < 4.78 is 5.54. The van der Waals surface area contributed by atoms with Crippen molar-refractivity contribution in [3.05, 3.63) is 38.4 Å². The Morgan fingerprint density at radius 2 is 1.91 bits per heavy atom. The summed E-state index contributed by atoms with van der Waals surface area (Å²) in [6.45, 7) is 4.06. The van der Waals surface area contributed by atoms with Gasteiger partial charge in [0, 0.05) is 18.1 Å². The van der Waals surface area contributed by atoms with E-state index in [2.05, 4.69) is 6.92 Å². The van der Waals surface area contributed by atoms with Gasteiger partial charge in [-0.3, -0.25) is 20.2 Å². The summed E-state index contributed by atoms with van der Waals surface area (Å²) in [6, 6.07) is 3.55. The normalized spacial score (nSPS) is 12.1. The van der Waals surface area contributed by atoms with Crippen LogP contribution in [0.1, 0.15) is 46.0 Å². The third-order valence-electron chi connectivity index (χ3n) is 3.12. The van der Waals surface area contributed by atoms with Crippen molar-refractivity contribution in [3.63, 3.8) is 0 Å². The lowest BCUT2D eigenvalue weighted by Gasteiger charge is -2.11. The predicted octanol–water partition coefficient (Wildman–Crippen LogP) is 4.89. The molecule has 0 aromatic heterocycles. The number of rotatable bonds is 10. The first kappa shape index (κ1) is 18.4. The zero-order valence-electron chi connectivity index (χ0n) is 12.7. The second-order valence-electron chi connectivity index (χ2n) is 5.01. The maximum Gasteiger partial charge on any atom is 0.292 e. The van der Waals surface area contributed by atoms with Crippen molar-refractivity contribution in [1.29, 1.82) is 0 Å². The van der Waals surface area contributed by atoms with E-state index < -0.39 is 9.85 Å². The fourth-order valence-electron chi connectivity index (χ4n) is 1.87. The van der Waals surface area contributed by atoms with Crippen molar-refractivity contribution in [3.8, 4) is 0 Å². The van der Waals surface area contributed by atoms with Gasteiger partial charge in [-0.1, -0.05) is 32.6 Å². The number of non-ortho nitro benzene ring substituents is 1. The number of hydrogen-bond donors (Lipinski definition) is 0. The quantitative estimate of drug-likeness (QED) is 0.263. The minimum atomic E-state index is -0.654. The average Bonchev–Trinajstić information content (AvgIpc) is 2.49. The van der Waals surface area contributed by atoms with Crippen LogP contribution in [-0.2, 0) is 4.18 Å². The predicted molar refractivity (Wildman–Crippen MR) is 84.9 cm³/mol. The van der Waals surface area contributed by atoms with Crippen molar-refractivity contribution >= 4 is 23.4 Å². The Balaban J connectivity index is 2.61. The number of nitrogens with zero attached hydrogens (tertiary/aromatic N) is 2. The number of nitro groups is 2. The SMILES string of the molecule is CCCCCC[C@H](C)OSc1ccc([N+](=O)[O-])cc1[N+](=O)[O-]. The lowest BCUT2D eigenvalue weighted by molar-refractivity contribution is -0.396. The van der Waals surface area contributed by atoms with E-state index in [1.165, 1.54) is 25.0 Å². The van der Waals surface area contributed by atoms with E-state index in [9.17, 15) is 20.2 Å². The lowest BCUT2D eigenvalue weighted by atomic mass is 10.1. The molecule has 0 amide bonds. The molecule has 1 atom stereocenters. The lowest BCUT2D eigenvalue weighted by Crippen LogP contribution is -2.03. The van der Waals surface area contributed by atoms with Gasteiger partial charge in [0.25, 0.3) is 11.4 Å². The first-order chi connectivity index (χ1) is 10.5. The summed E-state index contributed by atoms with van der Waals surface area (Å²) >= 11 is 0.903. The zero-order valence-corrected chi connectivity index (χ0v) is 13.5. The minimum absolute atomic E-state index is 0.0309. The van der Waals surface area contributed by atoms with Crippen LogP contribution in [0.5, 0.6) is 0 Å². The highest BCUT2D eigenvalue weighted by molar-refractivity contribution is 7.94. The van der Waals surface area contributed by atoms with E-state index in [1.807, 2.05) is 6.92 Å². The molecule has 0 bridgehead atoms. The van der Waals surface area contributed by atoms with Crippen LogP contribution in [0.3, 0.4) is 0 Å². The van der Waals surface area contributed by atoms with Crippen molar-refractivity contribution < 1.29 is 14.0 Å². The summed E-state index contributed by atoms with van der Waals surface area (Å²) in [6.07, 6.45) is 5.40. The molecular weight excluding hydrogens is 308 g/mol. The van der Waals surface area contributed by atoms with Gasteiger partial charge in [-0.2, -0.15) is 0 Å². The second-order valence-corrected chi connectivity index (χ2v) is 5.80. The summed E-state index contributed by atoms with van der Waals surface area (Å²) in [5, 5.41) is 21.7. The molecule has 0 aliphatic carbocycles. The topological polar surface area (TPSA) is 95.5 Å².